The Morgan fingerprint density at radius 2 is 0.526 bits per heavy atom. The SMILES string of the molecule is [2H]C([2H])(c1cccc(C([2H])(C)C(C)(C)C(F)(F)F)c1C(C)(C)C)C(C)(C)C(F)(F)F.[2H]C([2H])(c1cccc(C([2H])(C)C(C)(C)C)c1C(C)(C)C)C(C)(C)C.[2H]C([2H])(c1cccc(C([2H])(C)C(C)C)c1C(C)(C)C)C(C)C.[2H]C([2H])(c1ccccc1C(C)(C)C)C(C)(C)C.[2H]C([2H])(c1ccccc1C(C)(C)C)C(C)(C)C(F)(F)F.[2H]C([2H])(c1ccccc1C(C)(C)C)C(C)C. The van der Waals surface area contributed by atoms with Crippen LogP contribution in [-0.2, 0) is 70.7 Å². The Morgan fingerprint density at radius 1 is 0.272 bits per heavy atom. The van der Waals surface area contributed by atoms with E-state index in [4.69, 9.17) is 20.6 Å². The number of hydrogen-bond acceptors (Lipinski definition) is 0. The molecule has 0 spiro atoms. The highest BCUT2D eigenvalue weighted by molar-refractivity contribution is 5.46. The van der Waals surface area contributed by atoms with Crippen molar-refractivity contribution >= 4 is 0 Å². The van der Waals surface area contributed by atoms with Crippen molar-refractivity contribution in [2.75, 3.05) is 0 Å². The third-order valence-corrected chi connectivity index (χ3v) is 19.7. The number of benzene rings is 6. The maximum absolute atomic E-state index is 13.8. The smallest absolute Gasteiger partial charge is 0.171 e. The molecule has 6 aromatic rings. The Hall–Kier alpha value is -5.31. The third-order valence-electron chi connectivity index (χ3n) is 19.7. The zero-order chi connectivity index (χ0) is 103. The fourth-order valence-corrected chi connectivity index (χ4v) is 12.6. The van der Waals surface area contributed by atoms with Crippen LogP contribution in [-0.4, -0.2) is 18.5 Å². The van der Waals surface area contributed by atoms with E-state index in [1.165, 1.54) is 24.3 Å². The van der Waals surface area contributed by atoms with Gasteiger partial charge in [0, 0.05) is 20.6 Å². The first kappa shape index (κ1) is 82.4. The molecule has 0 radical (unpaired) electrons. The minimum absolute atomic E-state index is 0.0119. The standard InChI is InChI=1S/C21H30F6.C21H36.C19H32.C15H21F3.C15H24.C14H22/c1-13(19(7,8)21(25,26)27)15-11-9-10-14(16(15)17(2,3)4)12-18(5,6)20(22,23)24;1-15(20(5,6)7)17-13-11-12-16(14-19(2,3)4)18(17)21(8,9)10;1-13(2)12-16-10-9-11-17(15(5)14(3)4)18(16)19(6,7)8;1-13(2,3)12-9-7-6-8-11(12)10-14(4,5)15(16,17)18;1-14(2,3)11-12-9-7-8-10-13(12)15(4,5)6;1-11(2)10-12-8-6-7-9-13(12)14(3,4)5/h9-11,13H,12H2,1-8H3;11-13,15H,14H2,1-10H3;9-11,13-15H,12H2,1-8H3;6-9H,10H2,1-5H3;7-10H,11H2,1-6H3;6-9,11H,10H2,1-5H3/i12D2,13D;14D2,15D;12D2,15D;10D2;11D2;10D2. The van der Waals surface area contributed by atoms with E-state index in [-0.39, 0.29) is 67.1 Å². The quantitative estimate of drug-likeness (QED) is 0.0899. The van der Waals surface area contributed by atoms with Crippen LogP contribution < -0.4 is 0 Å². The highest BCUT2D eigenvalue weighted by Gasteiger charge is 2.53. The summed E-state index contributed by atoms with van der Waals surface area (Å²) in [7, 11) is 0. The summed E-state index contributed by atoms with van der Waals surface area (Å²) in [6.45, 7) is 75.5. The molecule has 0 saturated heterocycles. The summed E-state index contributed by atoms with van der Waals surface area (Å²) in [4.78, 5) is 0. The molecule has 6 rings (SSSR count). The second kappa shape index (κ2) is 40.2. The first-order valence-corrected chi connectivity index (χ1v) is 40.7. The highest BCUT2D eigenvalue weighted by atomic mass is 19.4. The largest absolute Gasteiger partial charge is 0.394 e. The molecule has 0 nitrogen and oxygen atoms in total. The summed E-state index contributed by atoms with van der Waals surface area (Å²) in [5.41, 5.74) is -1.57. The molecule has 0 bridgehead atoms. The number of rotatable bonds is 15. The first-order chi connectivity index (χ1) is 56.3. The van der Waals surface area contributed by atoms with E-state index < -0.39 is 112 Å². The molecule has 114 heavy (non-hydrogen) atoms. The monoisotopic (exact) mass is 1610 g/mol. The van der Waals surface area contributed by atoms with Crippen LogP contribution in [0.15, 0.2) is 127 Å². The van der Waals surface area contributed by atoms with Crippen LogP contribution in [0.25, 0.3) is 0 Å². The van der Waals surface area contributed by atoms with Crippen LogP contribution in [0.4, 0.5) is 39.5 Å². The Labute approximate surface area is 715 Å². The molecule has 3 atom stereocenters. The lowest BCUT2D eigenvalue weighted by molar-refractivity contribution is -0.218. The van der Waals surface area contributed by atoms with E-state index in [0.29, 0.717) is 5.56 Å². The zero-order valence-electron chi connectivity index (χ0n) is 93.8. The number of halogens is 9. The Kier molecular flexibility index (Phi) is 29.0. The van der Waals surface area contributed by atoms with Gasteiger partial charge in [-0.05, 0) is 206 Å². The van der Waals surface area contributed by atoms with Crippen molar-refractivity contribution in [3.05, 3.63) is 211 Å². The minimum Gasteiger partial charge on any atom is -0.171 e. The van der Waals surface area contributed by atoms with Crippen molar-refractivity contribution in [1.82, 2.24) is 0 Å². The van der Waals surface area contributed by atoms with Crippen LogP contribution in [0.2, 0.25) is 0 Å². The molecule has 0 amide bonds. The normalized spacial score (nSPS) is 17.8. The molecule has 0 aliphatic rings. The van der Waals surface area contributed by atoms with E-state index >= 15 is 0 Å². The number of alkyl halides is 9. The van der Waals surface area contributed by atoms with Gasteiger partial charge >= 0.3 is 18.5 Å². The summed E-state index contributed by atoms with van der Waals surface area (Å²) in [5.74, 6) is -3.79. The lowest BCUT2D eigenvalue weighted by Gasteiger charge is -2.39. The summed E-state index contributed by atoms with van der Waals surface area (Å²) < 4.78 is 250. The minimum atomic E-state index is -4.91. The van der Waals surface area contributed by atoms with E-state index in [0.717, 1.165) is 104 Å². The lowest BCUT2D eigenvalue weighted by Crippen LogP contribution is -2.38. The van der Waals surface area contributed by atoms with Crippen molar-refractivity contribution in [2.24, 2.45) is 50.2 Å². The average molecular weight is 1610 g/mol. The van der Waals surface area contributed by atoms with Crippen molar-refractivity contribution in [2.45, 2.75) is 398 Å². The van der Waals surface area contributed by atoms with Gasteiger partial charge in [-0.2, -0.15) is 39.5 Å². The zero-order valence-corrected chi connectivity index (χ0v) is 78.8. The molecule has 0 aliphatic heterocycles. The van der Waals surface area contributed by atoms with Gasteiger partial charge in [-0.1, -0.05) is 418 Å². The molecular formula is C105H165F9. The summed E-state index contributed by atoms with van der Waals surface area (Å²) in [6.07, 6.45) is -25.2. The van der Waals surface area contributed by atoms with Gasteiger partial charge in [-0.25, -0.2) is 0 Å². The molecule has 6 aromatic carbocycles. The summed E-state index contributed by atoms with van der Waals surface area (Å²) >= 11 is 0. The van der Waals surface area contributed by atoms with E-state index in [2.05, 4.69) is 118 Å². The molecule has 9 heteroatoms. The maximum Gasteiger partial charge on any atom is 0.394 e. The second-order valence-electron chi connectivity index (χ2n) is 42.6. The van der Waals surface area contributed by atoms with E-state index in [1.54, 1.807) is 39.0 Å². The fourth-order valence-electron chi connectivity index (χ4n) is 12.6. The van der Waals surface area contributed by atoms with Crippen molar-refractivity contribution < 1.29 is 60.1 Å². The molecule has 3 unspecified atom stereocenters. The van der Waals surface area contributed by atoms with Gasteiger partial charge in [-0.15, -0.1) is 0 Å². The molecule has 0 heterocycles. The average Bonchev–Trinajstić information content (AvgIpc) is 0.716. The summed E-state index contributed by atoms with van der Waals surface area (Å²) in [6, 6.07) is 37.5. The second-order valence-corrected chi connectivity index (χ2v) is 42.6. The van der Waals surface area contributed by atoms with Crippen LogP contribution in [0.5, 0.6) is 0 Å². The van der Waals surface area contributed by atoms with Crippen molar-refractivity contribution in [3.8, 4) is 0 Å². The van der Waals surface area contributed by atoms with Crippen LogP contribution in [0, 0.1) is 50.2 Å². The molecule has 0 N–H and O–H groups in total. The van der Waals surface area contributed by atoms with Crippen LogP contribution in [0.3, 0.4) is 0 Å². The van der Waals surface area contributed by atoms with Crippen LogP contribution in [0.1, 0.15) is 412 Å². The van der Waals surface area contributed by atoms with Gasteiger partial charge in [-0.3, -0.25) is 0 Å². The van der Waals surface area contributed by atoms with Gasteiger partial charge in [0.05, 0.1) is 16.2 Å². The first-order valence-electron chi connectivity index (χ1n) is 48.2. The van der Waals surface area contributed by atoms with E-state index in [9.17, 15) is 39.5 Å². The Balaban J connectivity index is 0.000000783. The molecule has 0 aromatic heterocycles. The van der Waals surface area contributed by atoms with Crippen LogP contribution >= 0.6 is 0 Å². The summed E-state index contributed by atoms with van der Waals surface area (Å²) in [5, 5.41) is 0. The molecule has 0 aliphatic carbocycles. The van der Waals surface area contributed by atoms with Gasteiger partial charge in [0.25, 0.3) is 0 Å². The molecular weight excluding hydrogens is 1430 g/mol. The van der Waals surface area contributed by atoms with Gasteiger partial charge in [0.2, 0.25) is 0 Å². The topological polar surface area (TPSA) is 0 Å². The van der Waals surface area contributed by atoms with Gasteiger partial charge < -0.3 is 0 Å². The fraction of sp³-hybridized carbons (Fsp3) is 0.657. The molecule has 648 valence electrons. The Morgan fingerprint density at radius 3 is 0.825 bits per heavy atom. The lowest BCUT2D eigenvalue weighted by atomic mass is 9.68. The highest BCUT2D eigenvalue weighted by Crippen LogP contribution is 2.52. The van der Waals surface area contributed by atoms with Gasteiger partial charge in [0.1, 0.15) is 0 Å². The van der Waals surface area contributed by atoms with Crippen molar-refractivity contribution in [1.29, 1.82) is 0 Å². The molecule has 0 fully saturated rings. The third kappa shape index (κ3) is 33.5. The van der Waals surface area contributed by atoms with E-state index in [1.807, 2.05) is 189 Å². The number of hydrogen-bond donors (Lipinski definition) is 0. The molecule has 0 saturated carbocycles. The van der Waals surface area contributed by atoms with Crippen molar-refractivity contribution in [3.63, 3.8) is 0 Å². The Bertz CT molecular complexity index is 4500. The predicted octanol–water partition coefficient (Wildman–Crippen LogP) is 34.3. The maximum atomic E-state index is 13.8. The van der Waals surface area contributed by atoms with Gasteiger partial charge in [0.15, 0.2) is 0 Å². The predicted molar refractivity (Wildman–Crippen MR) is 481 cm³/mol.